The summed E-state index contributed by atoms with van der Waals surface area (Å²) in [6.45, 7) is 6.30. The molecule has 0 spiro atoms. The van der Waals surface area contributed by atoms with E-state index in [1.807, 2.05) is 51.1 Å². The first-order valence-electron chi connectivity index (χ1n) is 11.7. The zero-order valence-corrected chi connectivity index (χ0v) is 20.8. The molecule has 36 heavy (non-hydrogen) atoms. The summed E-state index contributed by atoms with van der Waals surface area (Å²) >= 11 is 0. The number of benzene rings is 2. The van der Waals surface area contributed by atoms with E-state index in [1.54, 1.807) is 0 Å². The van der Waals surface area contributed by atoms with Gasteiger partial charge in [-0.15, -0.1) is 0 Å². The second-order valence-electron chi connectivity index (χ2n) is 9.83. The van der Waals surface area contributed by atoms with Gasteiger partial charge in [-0.1, -0.05) is 51.1 Å². The van der Waals surface area contributed by atoms with Crippen LogP contribution in [0.5, 0.6) is 0 Å². The molecule has 1 heterocycles. The molecular formula is C26H32F3N5O2. The zero-order valence-electron chi connectivity index (χ0n) is 20.8. The summed E-state index contributed by atoms with van der Waals surface area (Å²) in [4.78, 5) is 18.9. The van der Waals surface area contributed by atoms with E-state index >= 15 is 0 Å². The van der Waals surface area contributed by atoms with Crippen molar-refractivity contribution < 1.29 is 23.1 Å². The minimum Gasteiger partial charge on any atom is -0.384 e. The molecule has 1 amide bonds. The Kier molecular flexibility index (Phi) is 8.52. The van der Waals surface area contributed by atoms with Crippen molar-refractivity contribution in [2.75, 3.05) is 13.1 Å². The largest absolute Gasteiger partial charge is 0.384 e. The van der Waals surface area contributed by atoms with Crippen LogP contribution < -0.4 is 5.73 Å². The van der Waals surface area contributed by atoms with Crippen LogP contribution in [0.2, 0.25) is 0 Å². The van der Waals surface area contributed by atoms with Crippen LogP contribution in [0.1, 0.15) is 45.1 Å². The van der Waals surface area contributed by atoms with Crippen molar-refractivity contribution in [2.24, 2.45) is 11.1 Å². The van der Waals surface area contributed by atoms with Gasteiger partial charge in [0, 0.05) is 6.54 Å². The van der Waals surface area contributed by atoms with Crippen LogP contribution in [0.15, 0.2) is 48.5 Å². The van der Waals surface area contributed by atoms with Crippen LogP contribution in [0.25, 0.3) is 11.4 Å². The number of alkyl halides is 1. The lowest BCUT2D eigenvalue weighted by atomic mass is 9.84. The molecule has 0 radical (unpaired) electrons. The van der Waals surface area contributed by atoms with E-state index < -0.39 is 41.3 Å². The summed E-state index contributed by atoms with van der Waals surface area (Å²) in [5, 5.41) is 14.6. The minimum absolute atomic E-state index is 0.0766. The van der Waals surface area contributed by atoms with E-state index in [-0.39, 0.29) is 36.8 Å². The zero-order chi connectivity index (χ0) is 26.6. The Morgan fingerprint density at radius 2 is 1.83 bits per heavy atom. The van der Waals surface area contributed by atoms with Gasteiger partial charge in [-0.05, 0) is 36.1 Å². The standard InChI is InChI=1S/C26H32F3N5O2/c1-16(35)25(36)33(15-19(28)13-30)22(26(2,3)4)24-31-23(20-12-18(27)10-11-21(20)29)32-34(24)14-17-8-6-5-7-9-17/h5-12,16,19,22,35H,13-15,30H2,1-4H3/t16-,19-,22?/m0/s1. The highest BCUT2D eigenvalue weighted by Crippen LogP contribution is 2.39. The van der Waals surface area contributed by atoms with Gasteiger partial charge in [0.25, 0.3) is 5.91 Å². The SMILES string of the molecule is C[C@H](O)C(=O)N(C[C@@H](F)CN)C(c1nc(-c2cc(F)ccc2F)nn1Cc1ccccc1)C(C)(C)C. The lowest BCUT2D eigenvalue weighted by Gasteiger charge is -2.40. The average Bonchev–Trinajstić information content (AvgIpc) is 3.21. The molecule has 3 aromatic rings. The number of nitrogens with zero attached hydrogens (tertiary/aromatic N) is 4. The van der Waals surface area contributed by atoms with Crippen molar-refractivity contribution in [3.63, 3.8) is 0 Å². The molecule has 0 saturated carbocycles. The molecule has 0 aliphatic carbocycles. The number of nitrogens with two attached hydrogens (primary N) is 1. The van der Waals surface area contributed by atoms with Crippen LogP contribution in [-0.2, 0) is 11.3 Å². The number of aliphatic hydroxyl groups is 1. The van der Waals surface area contributed by atoms with Crippen molar-refractivity contribution in [1.29, 1.82) is 0 Å². The van der Waals surface area contributed by atoms with E-state index in [1.165, 1.54) is 16.5 Å². The monoisotopic (exact) mass is 503 g/mol. The summed E-state index contributed by atoms with van der Waals surface area (Å²) in [6.07, 6.45) is -2.96. The molecule has 2 aromatic carbocycles. The van der Waals surface area contributed by atoms with Crippen LogP contribution in [0, 0.1) is 17.0 Å². The predicted molar refractivity (Wildman–Crippen MR) is 130 cm³/mol. The Hall–Kier alpha value is -3.24. The molecule has 3 N–H and O–H groups in total. The number of aliphatic hydroxyl groups excluding tert-OH is 1. The molecule has 0 aliphatic heterocycles. The Morgan fingerprint density at radius 3 is 2.42 bits per heavy atom. The second-order valence-corrected chi connectivity index (χ2v) is 9.83. The van der Waals surface area contributed by atoms with Gasteiger partial charge >= 0.3 is 0 Å². The molecular weight excluding hydrogens is 471 g/mol. The molecule has 10 heteroatoms. The van der Waals surface area contributed by atoms with Gasteiger partial charge in [-0.2, -0.15) is 5.10 Å². The molecule has 0 aliphatic rings. The molecule has 1 unspecified atom stereocenters. The molecule has 0 bridgehead atoms. The van der Waals surface area contributed by atoms with E-state index in [9.17, 15) is 23.1 Å². The lowest BCUT2D eigenvalue weighted by Crippen LogP contribution is -2.49. The van der Waals surface area contributed by atoms with Crippen LogP contribution in [0.3, 0.4) is 0 Å². The highest BCUT2D eigenvalue weighted by atomic mass is 19.1. The maximum Gasteiger partial charge on any atom is 0.251 e. The Morgan fingerprint density at radius 1 is 1.17 bits per heavy atom. The summed E-state index contributed by atoms with van der Waals surface area (Å²) in [5.41, 5.74) is 5.48. The van der Waals surface area contributed by atoms with Crippen molar-refractivity contribution in [3.05, 3.63) is 71.6 Å². The van der Waals surface area contributed by atoms with E-state index in [0.717, 1.165) is 23.8 Å². The van der Waals surface area contributed by atoms with Crippen molar-refractivity contribution in [3.8, 4) is 11.4 Å². The van der Waals surface area contributed by atoms with Crippen molar-refractivity contribution in [1.82, 2.24) is 19.7 Å². The number of hydrogen-bond donors (Lipinski definition) is 2. The first-order valence-corrected chi connectivity index (χ1v) is 11.7. The number of carbonyl (C=O) groups is 1. The van der Waals surface area contributed by atoms with E-state index in [2.05, 4.69) is 10.1 Å². The summed E-state index contributed by atoms with van der Waals surface area (Å²) in [5.74, 6) is -1.92. The summed E-state index contributed by atoms with van der Waals surface area (Å²) < 4.78 is 44.7. The smallest absolute Gasteiger partial charge is 0.251 e. The third-order valence-corrected chi connectivity index (χ3v) is 5.71. The average molecular weight is 504 g/mol. The fourth-order valence-electron chi connectivity index (χ4n) is 4.06. The van der Waals surface area contributed by atoms with Crippen molar-refractivity contribution >= 4 is 5.91 Å². The second kappa shape index (κ2) is 11.2. The van der Waals surface area contributed by atoms with E-state index in [0.29, 0.717) is 0 Å². The normalized spacial score (nSPS) is 14.4. The maximum atomic E-state index is 14.7. The van der Waals surface area contributed by atoms with Gasteiger partial charge in [0.05, 0.1) is 24.7 Å². The molecule has 194 valence electrons. The first-order chi connectivity index (χ1) is 16.9. The molecule has 3 rings (SSSR count). The third-order valence-electron chi connectivity index (χ3n) is 5.71. The number of halogens is 3. The fraction of sp³-hybridized carbons (Fsp3) is 0.423. The van der Waals surface area contributed by atoms with Gasteiger partial charge in [0.1, 0.15) is 23.9 Å². The van der Waals surface area contributed by atoms with Gasteiger partial charge in [-0.3, -0.25) is 4.79 Å². The maximum absolute atomic E-state index is 14.7. The van der Waals surface area contributed by atoms with Gasteiger partial charge < -0.3 is 15.7 Å². The van der Waals surface area contributed by atoms with Gasteiger partial charge in [0.2, 0.25) is 0 Å². The quantitative estimate of drug-likeness (QED) is 0.462. The predicted octanol–water partition coefficient (Wildman–Crippen LogP) is 3.87. The molecule has 0 fully saturated rings. The Labute approximate surface area is 208 Å². The summed E-state index contributed by atoms with van der Waals surface area (Å²) in [6, 6.07) is 11.4. The Balaban J connectivity index is 2.24. The summed E-state index contributed by atoms with van der Waals surface area (Å²) in [7, 11) is 0. The third kappa shape index (κ3) is 6.30. The van der Waals surface area contributed by atoms with Crippen LogP contribution in [0.4, 0.5) is 13.2 Å². The molecule has 0 saturated heterocycles. The van der Waals surface area contributed by atoms with Crippen LogP contribution >= 0.6 is 0 Å². The lowest BCUT2D eigenvalue weighted by molar-refractivity contribution is -0.146. The number of carbonyl (C=O) groups excluding carboxylic acids is 1. The molecule has 3 atom stereocenters. The fourth-order valence-corrected chi connectivity index (χ4v) is 4.06. The minimum atomic E-state index is -1.55. The molecule has 7 nitrogen and oxygen atoms in total. The van der Waals surface area contributed by atoms with Gasteiger partial charge in [0.15, 0.2) is 11.6 Å². The number of rotatable bonds is 9. The van der Waals surface area contributed by atoms with E-state index in [4.69, 9.17) is 5.73 Å². The first kappa shape index (κ1) is 27.3. The highest BCUT2D eigenvalue weighted by Gasteiger charge is 2.40. The highest BCUT2D eigenvalue weighted by molar-refractivity contribution is 5.80. The van der Waals surface area contributed by atoms with Crippen LogP contribution in [-0.4, -0.2) is 56.0 Å². The van der Waals surface area contributed by atoms with Gasteiger partial charge in [-0.25, -0.2) is 22.8 Å². The topological polar surface area (TPSA) is 97.3 Å². The Bertz CT molecular complexity index is 1180. The number of aromatic nitrogens is 3. The number of hydrogen-bond acceptors (Lipinski definition) is 5. The number of amides is 1. The van der Waals surface area contributed by atoms with Crippen molar-refractivity contribution in [2.45, 2.75) is 52.6 Å². The molecule has 1 aromatic heterocycles.